The number of methoxy groups -OCH3 is 1. The number of para-hydroxylation sites is 1. The zero-order valence-electron chi connectivity index (χ0n) is 17.2. The van der Waals surface area contributed by atoms with Gasteiger partial charge in [-0.05, 0) is 24.3 Å². The molecule has 32 heavy (non-hydrogen) atoms. The smallest absolute Gasteiger partial charge is 0.342 e. The fourth-order valence-corrected chi connectivity index (χ4v) is 2.87. The van der Waals surface area contributed by atoms with Crippen LogP contribution in [0.3, 0.4) is 0 Å². The quantitative estimate of drug-likeness (QED) is 0.398. The maximum atomic E-state index is 12.8. The molecule has 166 valence electrons. The number of esters is 1. The van der Waals surface area contributed by atoms with Crippen molar-refractivity contribution in [2.24, 2.45) is 0 Å². The fraction of sp³-hybridized carbons (Fsp3) is 0.182. The van der Waals surface area contributed by atoms with Crippen molar-refractivity contribution >= 4 is 29.5 Å². The molecular formula is C22H21ClN4O5. The molecule has 3 amide bonds. The van der Waals surface area contributed by atoms with E-state index in [0.29, 0.717) is 22.9 Å². The molecule has 2 aromatic carbocycles. The van der Waals surface area contributed by atoms with Crippen LogP contribution in [0.1, 0.15) is 10.4 Å². The maximum absolute atomic E-state index is 12.8. The molecule has 9 nitrogen and oxygen atoms in total. The van der Waals surface area contributed by atoms with Crippen LogP contribution in [0.15, 0.2) is 60.8 Å². The third-order valence-corrected chi connectivity index (χ3v) is 4.50. The van der Waals surface area contributed by atoms with Crippen molar-refractivity contribution in [3.63, 3.8) is 0 Å². The van der Waals surface area contributed by atoms with Gasteiger partial charge in [-0.25, -0.2) is 14.3 Å². The summed E-state index contributed by atoms with van der Waals surface area (Å²) >= 11 is 5.97. The Balaban J connectivity index is 1.74. The van der Waals surface area contributed by atoms with E-state index in [0.717, 1.165) is 5.69 Å². The number of hydrogen-bond acceptors (Lipinski definition) is 6. The molecule has 0 radical (unpaired) electrons. The summed E-state index contributed by atoms with van der Waals surface area (Å²) in [5.74, 6) is -1.52. The number of nitrogens with one attached hydrogen (secondary N) is 2. The second-order valence-electron chi connectivity index (χ2n) is 6.55. The second kappa shape index (κ2) is 11.1. The van der Waals surface area contributed by atoms with Gasteiger partial charge in [0, 0.05) is 30.4 Å². The number of ether oxygens (including phenoxy) is 2. The Kier molecular flexibility index (Phi) is 7.96. The molecule has 3 rings (SSSR count). The van der Waals surface area contributed by atoms with E-state index < -0.39 is 24.5 Å². The fourth-order valence-electron chi connectivity index (χ4n) is 2.74. The molecule has 2 N–H and O–H groups in total. The van der Waals surface area contributed by atoms with Gasteiger partial charge in [-0.3, -0.25) is 10.1 Å². The van der Waals surface area contributed by atoms with Gasteiger partial charge in [-0.1, -0.05) is 41.9 Å². The summed E-state index contributed by atoms with van der Waals surface area (Å²) < 4.78 is 11.5. The molecule has 0 aliphatic rings. The van der Waals surface area contributed by atoms with Crippen LogP contribution >= 0.6 is 11.6 Å². The summed E-state index contributed by atoms with van der Waals surface area (Å²) in [6.45, 7) is -0.0961. The van der Waals surface area contributed by atoms with E-state index >= 15 is 0 Å². The lowest BCUT2D eigenvalue weighted by Gasteiger charge is -2.07. The van der Waals surface area contributed by atoms with E-state index in [1.807, 2.05) is 30.3 Å². The van der Waals surface area contributed by atoms with E-state index in [4.69, 9.17) is 21.1 Å². The van der Waals surface area contributed by atoms with Gasteiger partial charge in [0.1, 0.15) is 11.3 Å². The van der Waals surface area contributed by atoms with Crippen LogP contribution in [0.5, 0.6) is 0 Å². The first-order valence-electron chi connectivity index (χ1n) is 9.62. The van der Waals surface area contributed by atoms with E-state index in [-0.39, 0.29) is 12.1 Å². The number of halogens is 1. The molecule has 0 atom stereocenters. The SMILES string of the molecule is COCCNC(=O)NC(=O)COC(=O)c1cn(-c2ccccc2)nc1-c1ccc(Cl)cc1. The second-order valence-corrected chi connectivity index (χ2v) is 6.99. The van der Waals surface area contributed by atoms with Gasteiger partial charge in [0.25, 0.3) is 5.91 Å². The van der Waals surface area contributed by atoms with Crippen LogP contribution in [0.2, 0.25) is 5.02 Å². The van der Waals surface area contributed by atoms with Gasteiger partial charge in [0.2, 0.25) is 0 Å². The highest BCUT2D eigenvalue weighted by atomic mass is 35.5. The summed E-state index contributed by atoms with van der Waals surface area (Å²) in [5, 5.41) is 9.56. The van der Waals surface area contributed by atoms with Gasteiger partial charge in [0.05, 0.1) is 12.3 Å². The van der Waals surface area contributed by atoms with Crippen LogP contribution in [-0.4, -0.2) is 54.6 Å². The highest BCUT2D eigenvalue weighted by Gasteiger charge is 2.21. The third-order valence-electron chi connectivity index (χ3n) is 4.25. The molecule has 0 unspecified atom stereocenters. The highest BCUT2D eigenvalue weighted by molar-refractivity contribution is 6.30. The molecule has 0 bridgehead atoms. The van der Waals surface area contributed by atoms with Gasteiger partial charge < -0.3 is 14.8 Å². The molecule has 10 heteroatoms. The largest absolute Gasteiger partial charge is 0.452 e. The number of carbonyl (C=O) groups excluding carboxylic acids is 3. The number of nitrogens with zero attached hydrogens (tertiary/aromatic N) is 2. The molecule has 0 aliphatic carbocycles. The summed E-state index contributed by atoms with van der Waals surface area (Å²) in [7, 11) is 1.49. The number of rotatable bonds is 8. The molecule has 1 heterocycles. The van der Waals surface area contributed by atoms with E-state index in [9.17, 15) is 14.4 Å². The van der Waals surface area contributed by atoms with Crippen LogP contribution in [0.4, 0.5) is 4.79 Å². The van der Waals surface area contributed by atoms with Gasteiger partial charge in [0.15, 0.2) is 6.61 Å². The first kappa shape index (κ1) is 23.0. The Labute approximate surface area is 189 Å². The monoisotopic (exact) mass is 456 g/mol. The highest BCUT2D eigenvalue weighted by Crippen LogP contribution is 2.26. The minimum Gasteiger partial charge on any atom is -0.452 e. The summed E-state index contributed by atoms with van der Waals surface area (Å²) in [6, 6.07) is 15.4. The Morgan fingerprint density at radius 2 is 1.78 bits per heavy atom. The van der Waals surface area contributed by atoms with Gasteiger partial charge >= 0.3 is 12.0 Å². The van der Waals surface area contributed by atoms with Gasteiger partial charge in [-0.15, -0.1) is 0 Å². The first-order chi connectivity index (χ1) is 15.5. The zero-order valence-corrected chi connectivity index (χ0v) is 18.0. The topological polar surface area (TPSA) is 112 Å². The number of benzene rings is 2. The van der Waals surface area contributed by atoms with Crippen molar-refractivity contribution in [3.8, 4) is 16.9 Å². The minimum absolute atomic E-state index is 0.161. The summed E-state index contributed by atoms with van der Waals surface area (Å²) in [4.78, 5) is 36.3. The molecule has 0 saturated carbocycles. The molecule has 0 spiro atoms. The lowest BCUT2D eigenvalue weighted by molar-refractivity contribution is -0.123. The summed E-state index contributed by atoms with van der Waals surface area (Å²) in [6.07, 6.45) is 1.52. The average molecular weight is 457 g/mol. The summed E-state index contributed by atoms with van der Waals surface area (Å²) in [5.41, 5.74) is 1.92. The normalized spacial score (nSPS) is 10.4. The van der Waals surface area contributed by atoms with Gasteiger partial charge in [-0.2, -0.15) is 5.10 Å². The lowest BCUT2D eigenvalue weighted by atomic mass is 10.1. The van der Waals surface area contributed by atoms with E-state index in [1.54, 1.807) is 28.9 Å². The van der Waals surface area contributed by atoms with Crippen LogP contribution < -0.4 is 10.6 Å². The Morgan fingerprint density at radius 1 is 1.06 bits per heavy atom. The molecular weight excluding hydrogens is 436 g/mol. The van der Waals surface area contributed by atoms with Crippen LogP contribution in [0.25, 0.3) is 16.9 Å². The Bertz CT molecular complexity index is 1080. The third kappa shape index (κ3) is 6.16. The van der Waals surface area contributed by atoms with Crippen molar-refractivity contribution in [3.05, 3.63) is 71.4 Å². The van der Waals surface area contributed by atoms with Crippen LogP contribution in [0, 0.1) is 0 Å². The first-order valence-corrected chi connectivity index (χ1v) is 10.0. The standard InChI is InChI=1S/C22H21ClN4O5/c1-31-12-11-24-22(30)25-19(28)14-32-21(29)18-13-27(17-5-3-2-4-6-17)26-20(18)15-7-9-16(23)10-8-15/h2-10,13H,11-12,14H2,1H3,(H2,24,25,28,30). The number of hydrogen-bond donors (Lipinski definition) is 2. The van der Waals surface area contributed by atoms with Crippen molar-refractivity contribution in [2.45, 2.75) is 0 Å². The number of urea groups is 1. The van der Waals surface area contributed by atoms with Crippen LogP contribution in [-0.2, 0) is 14.3 Å². The Morgan fingerprint density at radius 3 is 2.47 bits per heavy atom. The van der Waals surface area contributed by atoms with Crippen molar-refractivity contribution in [2.75, 3.05) is 26.9 Å². The number of carbonyl (C=O) groups is 3. The molecule has 1 aromatic heterocycles. The Hall–Kier alpha value is -3.69. The van der Waals surface area contributed by atoms with E-state index in [1.165, 1.54) is 13.3 Å². The number of imide groups is 1. The molecule has 0 fully saturated rings. The van der Waals surface area contributed by atoms with Crippen molar-refractivity contribution in [1.82, 2.24) is 20.4 Å². The predicted molar refractivity (Wildman–Crippen MR) is 118 cm³/mol. The lowest BCUT2D eigenvalue weighted by Crippen LogP contribution is -2.42. The van der Waals surface area contributed by atoms with Crippen molar-refractivity contribution < 1.29 is 23.9 Å². The minimum atomic E-state index is -0.767. The number of aromatic nitrogens is 2. The molecule has 0 saturated heterocycles. The molecule has 0 aliphatic heterocycles. The maximum Gasteiger partial charge on any atom is 0.342 e. The molecule has 3 aromatic rings. The van der Waals surface area contributed by atoms with Crippen molar-refractivity contribution in [1.29, 1.82) is 0 Å². The number of amides is 3. The predicted octanol–water partition coefficient (Wildman–Crippen LogP) is 2.82. The van der Waals surface area contributed by atoms with E-state index in [2.05, 4.69) is 15.7 Å². The average Bonchev–Trinajstić information content (AvgIpc) is 3.24. The zero-order chi connectivity index (χ0) is 22.9.